The Morgan fingerprint density at radius 1 is 1.21 bits per heavy atom. The van der Waals surface area contributed by atoms with E-state index in [1.54, 1.807) is 7.11 Å². The Labute approximate surface area is 143 Å². The Kier molecular flexibility index (Phi) is 7.17. The van der Waals surface area contributed by atoms with Gasteiger partial charge in [0.2, 0.25) is 0 Å². The molecule has 24 heavy (non-hydrogen) atoms. The number of hydrogen-bond acceptors (Lipinski definition) is 3. The van der Waals surface area contributed by atoms with Crippen molar-refractivity contribution in [3.05, 3.63) is 54.4 Å². The maximum Gasteiger partial charge on any atom is 0.191 e. The summed E-state index contributed by atoms with van der Waals surface area (Å²) in [7, 11) is 1.62. The van der Waals surface area contributed by atoms with Crippen molar-refractivity contribution >= 4 is 5.96 Å². The number of ether oxygens (including phenoxy) is 1. The molecule has 1 unspecified atom stereocenters. The van der Waals surface area contributed by atoms with Gasteiger partial charge in [0.1, 0.15) is 5.75 Å². The zero-order valence-corrected chi connectivity index (χ0v) is 14.3. The molecule has 1 aromatic heterocycles. The molecule has 130 valence electrons. The van der Waals surface area contributed by atoms with E-state index < -0.39 is 6.10 Å². The quantitative estimate of drug-likeness (QED) is 0.510. The minimum atomic E-state index is -0.643. The van der Waals surface area contributed by atoms with Gasteiger partial charge in [-0.1, -0.05) is 12.1 Å². The molecule has 6 heteroatoms. The zero-order valence-electron chi connectivity index (χ0n) is 14.3. The summed E-state index contributed by atoms with van der Waals surface area (Å²) in [6.07, 6.45) is 3.41. The first kappa shape index (κ1) is 17.9. The number of aliphatic hydroxyl groups is 1. The van der Waals surface area contributed by atoms with Crippen molar-refractivity contribution in [3.8, 4) is 5.75 Å². The average Bonchev–Trinajstić information content (AvgIpc) is 3.13. The highest BCUT2D eigenvalue weighted by Crippen LogP contribution is 2.17. The zero-order chi connectivity index (χ0) is 17.2. The summed E-state index contributed by atoms with van der Waals surface area (Å²) < 4.78 is 7.22. The lowest BCUT2D eigenvalue weighted by molar-refractivity contribution is 0.187. The van der Waals surface area contributed by atoms with Crippen LogP contribution in [-0.2, 0) is 6.54 Å². The number of aliphatic hydroxyl groups excluding tert-OH is 1. The predicted molar refractivity (Wildman–Crippen MR) is 96.4 cm³/mol. The normalized spacial score (nSPS) is 12.7. The molecule has 2 rings (SSSR count). The van der Waals surface area contributed by atoms with Crippen LogP contribution in [-0.4, -0.2) is 42.4 Å². The fourth-order valence-corrected chi connectivity index (χ4v) is 2.27. The van der Waals surface area contributed by atoms with Gasteiger partial charge in [-0.25, -0.2) is 0 Å². The van der Waals surface area contributed by atoms with E-state index in [9.17, 15) is 5.11 Å². The lowest BCUT2D eigenvalue weighted by Gasteiger charge is -2.14. The Morgan fingerprint density at radius 2 is 1.92 bits per heavy atom. The van der Waals surface area contributed by atoms with Crippen molar-refractivity contribution in [1.82, 2.24) is 15.2 Å². The Bertz CT molecular complexity index is 608. The second-order valence-electron chi connectivity index (χ2n) is 5.36. The SMILES string of the molecule is CCNC(=NCC(O)c1ccc(OC)cc1)NCCn1cccc1. The second kappa shape index (κ2) is 9.62. The van der Waals surface area contributed by atoms with Gasteiger partial charge in [-0.05, 0) is 36.8 Å². The van der Waals surface area contributed by atoms with Gasteiger partial charge in [0.15, 0.2) is 5.96 Å². The van der Waals surface area contributed by atoms with E-state index in [-0.39, 0.29) is 0 Å². The van der Waals surface area contributed by atoms with Gasteiger partial charge in [0.05, 0.1) is 19.8 Å². The number of hydrogen-bond donors (Lipinski definition) is 3. The molecule has 0 spiro atoms. The molecule has 6 nitrogen and oxygen atoms in total. The topological polar surface area (TPSA) is 70.8 Å². The van der Waals surface area contributed by atoms with Crippen molar-refractivity contribution in [3.63, 3.8) is 0 Å². The van der Waals surface area contributed by atoms with Crippen LogP contribution in [0.5, 0.6) is 5.75 Å². The summed E-state index contributed by atoms with van der Waals surface area (Å²) in [4.78, 5) is 4.46. The van der Waals surface area contributed by atoms with Gasteiger partial charge in [0.25, 0.3) is 0 Å². The number of benzene rings is 1. The molecule has 1 heterocycles. The third-order valence-corrected chi connectivity index (χ3v) is 3.60. The lowest BCUT2D eigenvalue weighted by atomic mass is 10.1. The fraction of sp³-hybridized carbons (Fsp3) is 0.389. The van der Waals surface area contributed by atoms with E-state index in [1.807, 2.05) is 55.7 Å². The van der Waals surface area contributed by atoms with Gasteiger partial charge in [-0.3, -0.25) is 4.99 Å². The molecule has 0 aliphatic rings. The molecule has 0 saturated carbocycles. The van der Waals surface area contributed by atoms with Crippen molar-refractivity contribution in [2.75, 3.05) is 26.7 Å². The van der Waals surface area contributed by atoms with Gasteiger partial charge >= 0.3 is 0 Å². The van der Waals surface area contributed by atoms with Crippen molar-refractivity contribution < 1.29 is 9.84 Å². The van der Waals surface area contributed by atoms with Crippen LogP contribution in [0.25, 0.3) is 0 Å². The summed E-state index contributed by atoms with van der Waals surface area (Å²) in [6.45, 7) is 4.71. The van der Waals surface area contributed by atoms with Crippen LogP contribution in [0.3, 0.4) is 0 Å². The van der Waals surface area contributed by atoms with Crippen LogP contribution in [0.2, 0.25) is 0 Å². The molecule has 0 aliphatic carbocycles. The van der Waals surface area contributed by atoms with Gasteiger partial charge in [-0.15, -0.1) is 0 Å². The minimum absolute atomic E-state index is 0.297. The maximum atomic E-state index is 10.3. The van der Waals surface area contributed by atoms with E-state index >= 15 is 0 Å². The summed E-state index contributed by atoms with van der Waals surface area (Å²) in [5.74, 6) is 1.48. The molecule has 0 bridgehead atoms. The largest absolute Gasteiger partial charge is 0.497 e. The van der Waals surface area contributed by atoms with Crippen LogP contribution >= 0.6 is 0 Å². The van der Waals surface area contributed by atoms with E-state index in [4.69, 9.17) is 4.74 Å². The predicted octanol–water partition coefficient (Wildman–Crippen LogP) is 1.79. The Balaban J connectivity index is 1.86. The number of aliphatic imine (C=N–C) groups is 1. The smallest absolute Gasteiger partial charge is 0.191 e. The van der Waals surface area contributed by atoms with E-state index in [2.05, 4.69) is 20.2 Å². The summed E-state index contributed by atoms with van der Waals surface area (Å²) in [5, 5.41) is 16.7. The number of methoxy groups -OCH3 is 1. The summed E-state index contributed by atoms with van der Waals surface area (Å²) in [5.41, 5.74) is 0.822. The number of rotatable bonds is 8. The molecule has 0 radical (unpaired) electrons. The Hall–Kier alpha value is -2.47. The number of nitrogens with one attached hydrogen (secondary N) is 2. The Morgan fingerprint density at radius 3 is 2.54 bits per heavy atom. The molecule has 1 aromatic carbocycles. The second-order valence-corrected chi connectivity index (χ2v) is 5.36. The first-order valence-corrected chi connectivity index (χ1v) is 8.18. The third-order valence-electron chi connectivity index (χ3n) is 3.60. The molecule has 3 N–H and O–H groups in total. The minimum Gasteiger partial charge on any atom is -0.497 e. The van der Waals surface area contributed by atoms with Crippen LogP contribution in [0.1, 0.15) is 18.6 Å². The molecular formula is C18H26N4O2. The average molecular weight is 330 g/mol. The number of nitrogens with zero attached hydrogens (tertiary/aromatic N) is 2. The van der Waals surface area contributed by atoms with Crippen LogP contribution in [0, 0.1) is 0 Å². The number of aromatic nitrogens is 1. The standard InChI is InChI=1S/C18H26N4O2/c1-3-19-18(20-10-13-22-11-4-5-12-22)21-14-17(23)15-6-8-16(24-2)9-7-15/h4-9,11-12,17,23H,3,10,13-14H2,1-2H3,(H2,19,20,21). The van der Waals surface area contributed by atoms with Gasteiger partial charge in [0, 0.05) is 32.0 Å². The van der Waals surface area contributed by atoms with Crippen molar-refractivity contribution in [2.45, 2.75) is 19.6 Å². The van der Waals surface area contributed by atoms with Crippen molar-refractivity contribution in [2.24, 2.45) is 4.99 Å². The molecule has 0 aliphatic heterocycles. The third kappa shape index (κ3) is 5.62. The highest BCUT2D eigenvalue weighted by molar-refractivity contribution is 5.79. The van der Waals surface area contributed by atoms with E-state index in [1.165, 1.54) is 0 Å². The van der Waals surface area contributed by atoms with E-state index in [0.717, 1.165) is 30.9 Å². The first-order chi connectivity index (χ1) is 11.7. The molecular weight excluding hydrogens is 304 g/mol. The maximum absolute atomic E-state index is 10.3. The summed E-state index contributed by atoms with van der Waals surface area (Å²) >= 11 is 0. The van der Waals surface area contributed by atoms with E-state index in [0.29, 0.717) is 12.5 Å². The molecule has 0 amide bonds. The van der Waals surface area contributed by atoms with Crippen LogP contribution in [0.4, 0.5) is 0 Å². The molecule has 1 atom stereocenters. The number of guanidine groups is 1. The molecule has 0 fully saturated rings. The lowest BCUT2D eigenvalue weighted by Crippen LogP contribution is -2.39. The van der Waals surface area contributed by atoms with Crippen molar-refractivity contribution in [1.29, 1.82) is 0 Å². The highest BCUT2D eigenvalue weighted by atomic mass is 16.5. The molecule has 0 saturated heterocycles. The van der Waals surface area contributed by atoms with Gasteiger partial charge in [-0.2, -0.15) is 0 Å². The first-order valence-electron chi connectivity index (χ1n) is 8.18. The highest BCUT2D eigenvalue weighted by Gasteiger charge is 2.07. The fourth-order valence-electron chi connectivity index (χ4n) is 2.27. The van der Waals surface area contributed by atoms with Crippen LogP contribution < -0.4 is 15.4 Å². The van der Waals surface area contributed by atoms with Crippen LogP contribution in [0.15, 0.2) is 53.8 Å². The monoisotopic (exact) mass is 330 g/mol. The summed E-state index contributed by atoms with van der Waals surface area (Å²) in [6, 6.07) is 11.4. The molecule has 2 aromatic rings. The van der Waals surface area contributed by atoms with Gasteiger partial charge < -0.3 is 25.0 Å².